The van der Waals surface area contributed by atoms with Gasteiger partial charge in [-0.2, -0.15) is 0 Å². The van der Waals surface area contributed by atoms with Crippen LogP contribution in [0.15, 0.2) is 146 Å². The lowest BCUT2D eigenvalue weighted by molar-refractivity contribution is 1.15. The Morgan fingerprint density at radius 2 is 1.00 bits per heavy atom. The van der Waals surface area contributed by atoms with Crippen LogP contribution in [0, 0.1) is 0 Å². The normalized spacial score (nSPS) is 11.9. The maximum absolute atomic E-state index is 5.07. The van der Waals surface area contributed by atoms with Gasteiger partial charge in [-0.05, 0) is 58.6 Å². The van der Waals surface area contributed by atoms with Crippen LogP contribution in [0.4, 0.5) is 0 Å². The number of nitrogens with zero attached hydrogens (tertiary/aromatic N) is 4. The van der Waals surface area contributed by atoms with Gasteiger partial charge >= 0.3 is 0 Å². The highest BCUT2D eigenvalue weighted by molar-refractivity contribution is 7.27. The van der Waals surface area contributed by atoms with Crippen molar-refractivity contribution in [2.75, 3.05) is 0 Å². The van der Waals surface area contributed by atoms with E-state index in [1.807, 2.05) is 60.1 Å². The molecule has 5 aromatic heterocycles. The first-order valence-electron chi connectivity index (χ1n) is 15.4. The smallest absolute Gasteiger partial charge is 0.0915 e. The molecular formula is C41H24N4S. The maximum atomic E-state index is 5.07. The maximum Gasteiger partial charge on any atom is 0.0915 e. The second-order valence-corrected chi connectivity index (χ2v) is 12.6. The molecule has 0 saturated carbocycles. The average Bonchev–Trinajstić information content (AvgIpc) is 3.69. The highest BCUT2D eigenvalue weighted by Gasteiger charge is 2.21. The molecular weight excluding hydrogens is 581 g/mol. The second kappa shape index (κ2) is 9.80. The zero-order chi connectivity index (χ0) is 30.2. The summed E-state index contributed by atoms with van der Waals surface area (Å²) < 4.78 is 5.03. The molecule has 5 aromatic carbocycles. The van der Waals surface area contributed by atoms with Crippen LogP contribution in [0.3, 0.4) is 0 Å². The number of aromatic nitrogens is 4. The Balaban J connectivity index is 1.39. The summed E-state index contributed by atoms with van der Waals surface area (Å²) in [6, 6.07) is 47.3. The summed E-state index contributed by atoms with van der Waals surface area (Å²) in [4.78, 5) is 14.4. The molecule has 4 nitrogen and oxygen atoms in total. The van der Waals surface area contributed by atoms with Gasteiger partial charge in [-0.3, -0.25) is 9.97 Å². The molecule has 0 saturated heterocycles. The van der Waals surface area contributed by atoms with E-state index >= 15 is 0 Å². The van der Waals surface area contributed by atoms with Crippen molar-refractivity contribution in [1.29, 1.82) is 0 Å². The molecule has 0 unspecified atom stereocenters. The Labute approximate surface area is 267 Å². The monoisotopic (exact) mass is 604 g/mol. The highest BCUT2D eigenvalue weighted by atomic mass is 32.1. The van der Waals surface area contributed by atoms with Crippen LogP contribution in [-0.2, 0) is 0 Å². The number of hydrogen-bond acceptors (Lipinski definition) is 4. The van der Waals surface area contributed by atoms with Crippen molar-refractivity contribution < 1.29 is 0 Å². The molecule has 0 N–H and O–H groups in total. The Kier molecular flexibility index (Phi) is 5.41. The summed E-state index contributed by atoms with van der Waals surface area (Å²) in [5.74, 6) is 0. The topological polar surface area (TPSA) is 43.6 Å². The fourth-order valence-corrected chi connectivity index (χ4v) is 8.51. The van der Waals surface area contributed by atoms with Crippen molar-refractivity contribution in [1.82, 2.24) is 19.5 Å². The molecule has 0 aliphatic rings. The fourth-order valence-electron chi connectivity index (χ4n) is 7.12. The van der Waals surface area contributed by atoms with E-state index in [2.05, 4.69) is 112 Å². The van der Waals surface area contributed by atoms with Gasteiger partial charge in [0.25, 0.3) is 0 Å². The number of thiophene rings is 1. The molecule has 10 rings (SSSR count). The fraction of sp³-hybridized carbons (Fsp3) is 0. The third kappa shape index (κ3) is 3.63. The molecule has 214 valence electrons. The first-order valence-corrected chi connectivity index (χ1v) is 16.2. The zero-order valence-electron chi connectivity index (χ0n) is 24.6. The summed E-state index contributed by atoms with van der Waals surface area (Å²) in [6.45, 7) is 0. The van der Waals surface area contributed by atoms with E-state index in [0.717, 1.165) is 34.0 Å². The van der Waals surface area contributed by atoms with Crippen LogP contribution in [0.25, 0.3) is 92.0 Å². The van der Waals surface area contributed by atoms with Crippen molar-refractivity contribution in [2.45, 2.75) is 0 Å². The van der Waals surface area contributed by atoms with E-state index in [9.17, 15) is 0 Å². The Morgan fingerprint density at radius 3 is 1.67 bits per heavy atom. The van der Waals surface area contributed by atoms with Crippen LogP contribution < -0.4 is 0 Å². The summed E-state index contributed by atoms with van der Waals surface area (Å²) in [7, 11) is 0. The lowest BCUT2D eigenvalue weighted by atomic mass is 9.97. The van der Waals surface area contributed by atoms with Gasteiger partial charge in [0.15, 0.2) is 0 Å². The van der Waals surface area contributed by atoms with Crippen molar-refractivity contribution in [3.63, 3.8) is 0 Å². The predicted octanol–water partition coefficient (Wildman–Crippen LogP) is 11.0. The molecule has 5 heteroatoms. The largest absolute Gasteiger partial charge is 0.308 e. The molecule has 0 amide bonds. The first kappa shape index (κ1) is 25.4. The van der Waals surface area contributed by atoms with Crippen molar-refractivity contribution in [2.24, 2.45) is 0 Å². The van der Waals surface area contributed by atoms with E-state index in [1.165, 1.54) is 58.0 Å². The highest BCUT2D eigenvalue weighted by Crippen LogP contribution is 2.48. The van der Waals surface area contributed by atoms with Crippen molar-refractivity contribution in [3.8, 4) is 28.5 Å². The minimum absolute atomic E-state index is 0.810. The van der Waals surface area contributed by atoms with Gasteiger partial charge in [0, 0.05) is 44.0 Å². The first-order chi connectivity index (χ1) is 22.8. The quantitative estimate of drug-likeness (QED) is 0.188. The summed E-state index contributed by atoms with van der Waals surface area (Å²) >= 11 is 1.90. The third-order valence-corrected chi connectivity index (χ3v) is 10.3. The molecule has 0 bridgehead atoms. The Hall–Kier alpha value is -5.91. The van der Waals surface area contributed by atoms with Crippen LogP contribution >= 0.6 is 11.3 Å². The number of fused-ring (bicyclic) bond motifs is 12. The lowest BCUT2D eigenvalue weighted by Crippen LogP contribution is -1.99. The van der Waals surface area contributed by atoms with E-state index in [1.54, 1.807) is 0 Å². The van der Waals surface area contributed by atoms with Gasteiger partial charge in [-0.15, -0.1) is 11.3 Å². The van der Waals surface area contributed by atoms with E-state index < -0.39 is 0 Å². The minimum atomic E-state index is 0.810. The van der Waals surface area contributed by atoms with Crippen LogP contribution in [0.5, 0.6) is 0 Å². The average molecular weight is 605 g/mol. The van der Waals surface area contributed by atoms with Crippen LogP contribution in [0.1, 0.15) is 0 Å². The Morgan fingerprint density at radius 1 is 0.435 bits per heavy atom. The summed E-state index contributed by atoms with van der Waals surface area (Å²) in [6.07, 6.45) is 3.64. The molecule has 46 heavy (non-hydrogen) atoms. The third-order valence-electron chi connectivity index (χ3n) is 9.07. The van der Waals surface area contributed by atoms with Crippen molar-refractivity contribution in [3.05, 3.63) is 146 Å². The summed E-state index contributed by atoms with van der Waals surface area (Å²) in [5, 5.41) is 10.2. The molecule has 0 aliphatic carbocycles. The van der Waals surface area contributed by atoms with Crippen LogP contribution in [-0.4, -0.2) is 19.5 Å². The molecule has 0 aliphatic heterocycles. The Bertz CT molecular complexity index is 2740. The molecule has 0 radical (unpaired) electrons. The number of pyridine rings is 3. The van der Waals surface area contributed by atoms with E-state index in [0.29, 0.717) is 0 Å². The van der Waals surface area contributed by atoms with Crippen LogP contribution in [0.2, 0.25) is 0 Å². The molecule has 0 spiro atoms. The van der Waals surface area contributed by atoms with Gasteiger partial charge in [-0.1, -0.05) is 91.0 Å². The molecule has 0 atom stereocenters. The molecule has 0 fully saturated rings. The van der Waals surface area contributed by atoms with Gasteiger partial charge in [-0.25, -0.2) is 4.98 Å². The number of rotatable bonds is 3. The van der Waals surface area contributed by atoms with Gasteiger partial charge in [0.1, 0.15) is 0 Å². The van der Waals surface area contributed by atoms with Crippen molar-refractivity contribution >= 4 is 74.9 Å². The number of hydrogen-bond donors (Lipinski definition) is 0. The second-order valence-electron chi connectivity index (χ2n) is 11.6. The van der Waals surface area contributed by atoms with E-state index in [4.69, 9.17) is 4.98 Å². The van der Waals surface area contributed by atoms with Gasteiger partial charge in [0.05, 0.1) is 44.2 Å². The van der Waals surface area contributed by atoms with E-state index in [-0.39, 0.29) is 0 Å². The SMILES string of the molecule is c1ccc(-c2cc(-n3c4ccccc4c4ccc5c(sc6c7ccccc7c7ccccc7c56)c43)cc(-c3ccccn3)n2)nc1. The number of para-hydroxylation sites is 1. The lowest BCUT2D eigenvalue weighted by Gasteiger charge is -2.13. The van der Waals surface area contributed by atoms with Gasteiger partial charge < -0.3 is 4.57 Å². The zero-order valence-corrected chi connectivity index (χ0v) is 25.4. The molecule has 5 heterocycles. The minimum Gasteiger partial charge on any atom is -0.308 e. The molecule has 10 aromatic rings. The van der Waals surface area contributed by atoms with Gasteiger partial charge in [0.2, 0.25) is 0 Å². The number of benzene rings is 5. The standard InChI is InChI=1S/C41H24N4S/c1-3-14-29-26(11-1)27-12-2-4-15-31(27)40-38(29)32-20-19-30-28-13-5-6-18-37(28)45(39(30)41(32)46-40)25-23-35(33-16-7-9-21-42-33)44-36(24-25)34-17-8-10-22-43-34/h1-24H. The summed E-state index contributed by atoms with van der Waals surface area (Å²) in [5.41, 5.74) is 6.66. The predicted molar refractivity (Wildman–Crippen MR) is 193 cm³/mol.